The minimum absolute atomic E-state index is 0.0761. The fourth-order valence-electron chi connectivity index (χ4n) is 1.82. The van der Waals surface area contributed by atoms with E-state index >= 15 is 0 Å². The van der Waals surface area contributed by atoms with Gasteiger partial charge in [0.15, 0.2) is 0 Å². The molecule has 19 heavy (non-hydrogen) atoms. The largest absolute Gasteiger partial charge is 0.306 e. The fraction of sp³-hybridized carbons (Fsp3) is 0.615. The Morgan fingerprint density at radius 1 is 1.26 bits per heavy atom. The second-order valence-electron chi connectivity index (χ2n) is 5.75. The van der Waals surface area contributed by atoms with Crippen LogP contribution in [0.3, 0.4) is 0 Å². The first-order valence-corrected chi connectivity index (χ1v) is 6.58. The van der Waals surface area contributed by atoms with Crippen molar-refractivity contribution in [1.82, 2.24) is 30.1 Å². The van der Waals surface area contributed by atoms with Crippen LogP contribution in [0.1, 0.15) is 39.1 Å². The normalized spacial score (nSPS) is 12.1. The van der Waals surface area contributed by atoms with Crippen molar-refractivity contribution in [2.75, 3.05) is 0 Å². The molecule has 0 spiro atoms. The topological polar surface area (TPSA) is 60.6 Å². The molecule has 0 aromatic carbocycles. The summed E-state index contributed by atoms with van der Waals surface area (Å²) in [6.07, 6.45) is 4.80. The zero-order chi connectivity index (χ0) is 14.0. The summed E-state index contributed by atoms with van der Waals surface area (Å²) >= 11 is 0. The predicted molar refractivity (Wildman–Crippen MR) is 74.1 cm³/mol. The van der Waals surface area contributed by atoms with E-state index < -0.39 is 0 Å². The molecule has 0 unspecified atom stereocenters. The molecule has 2 aromatic rings. The average molecular weight is 262 g/mol. The molecule has 2 heterocycles. The minimum Gasteiger partial charge on any atom is -0.306 e. The summed E-state index contributed by atoms with van der Waals surface area (Å²) in [6, 6.07) is 0. The Kier molecular flexibility index (Phi) is 3.71. The van der Waals surface area contributed by atoms with Crippen LogP contribution in [-0.2, 0) is 20.0 Å². The van der Waals surface area contributed by atoms with Gasteiger partial charge < -0.3 is 5.32 Å². The Morgan fingerprint density at radius 2 is 2.00 bits per heavy atom. The number of hydrogen-bond acceptors (Lipinski definition) is 4. The summed E-state index contributed by atoms with van der Waals surface area (Å²) < 4.78 is 3.61. The second-order valence-corrected chi connectivity index (χ2v) is 5.75. The number of aromatic nitrogens is 5. The zero-order valence-corrected chi connectivity index (χ0v) is 12.3. The van der Waals surface area contributed by atoms with Gasteiger partial charge in [0.05, 0.1) is 23.8 Å². The molecular formula is C13H22N6. The molecule has 0 aliphatic rings. The van der Waals surface area contributed by atoms with Crippen molar-refractivity contribution in [1.29, 1.82) is 0 Å². The highest BCUT2D eigenvalue weighted by atomic mass is 15.4. The standard InChI is InChI=1S/C13H22N6/c1-6-11-12(9-18(5)16-11)19-8-10(15-17-19)7-14-13(2,3)4/h8-9,14H,6-7H2,1-5H3. The van der Waals surface area contributed by atoms with Crippen molar-refractivity contribution in [3.63, 3.8) is 0 Å². The van der Waals surface area contributed by atoms with E-state index in [0.29, 0.717) is 6.54 Å². The lowest BCUT2D eigenvalue weighted by molar-refractivity contribution is 0.421. The van der Waals surface area contributed by atoms with Gasteiger partial charge in [0.25, 0.3) is 0 Å². The highest BCUT2D eigenvalue weighted by Gasteiger charge is 2.13. The molecule has 6 nitrogen and oxygen atoms in total. The Bertz CT molecular complexity index is 546. The van der Waals surface area contributed by atoms with Gasteiger partial charge in [-0.25, -0.2) is 4.68 Å². The Hall–Kier alpha value is -1.69. The van der Waals surface area contributed by atoms with Gasteiger partial charge in [-0.05, 0) is 27.2 Å². The molecule has 2 aromatic heterocycles. The number of rotatable bonds is 4. The Morgan fingerprint density at radius 3 is 2.63 bits per heavy atom. The van der Waals surface area contributed by atoms with Crippen molar-refractivity contribution in [2.24, 2.45) is 7.05 Å². The van der Waals surface area contributed by atoms with Crippen LogP contribution < -0.4 is 5.32 Å². The highest BCUT2D eigenvalue weighted by molar-refractivity contribution is 5.33. The van der Waals surface area contributed by atoms with Crippen LogP contribution in [0.2, 0.25) is 0 Å². The number of nitrogens with one attached hydrogen (secondary N) is 1. The van der Waals surface area contributed by atoms with E-state index in [2.05, 4.69) is 48.4 Å². The van der Waals surface area contributed by atoms with Gasteiger partial charge in [-0.2, -0.15) is 5.10 Å². The first kappa shape index (κ1) is 13.7. The van der Waals surface area contributed by atoms with E-state index in [1.54, 1.807) is 4.68 Å². The Balaban J connectivity index is 2.16. The number of hydrogen-bond donors (Lipinski definition) is 1. The van der Waals surface area contributed by atoms with Crippen LogP contribution in [0.25, 0.3) is 5.69 Å². The van der Waals surface area contributed by atoms with Crippen LogP contribution in [0.15, 0.2) is 12.4 Å². The summed E-state index contributed by atoms with van der Waals surface area (Å²) in [5, 5.41) is 16.2. The fourth-order valence-corrected chi connectivity index (χ4v) is 1.82. The lowest BCUT2D eigenvalue weighted by atomic mass is 10.1. The third-order valence-electron chi connectivity index (χ3n) is 2.81. The van der Waals surface area contributed by atoms with E-state index in [9.17, 15) is 0 Å². The van der Waals surface area contributed by atoms with Gasteiger partial charge in [-0.1, -0.05) is 12.1 Å². The third kappa shape index (κ3) is 3.41. The molecule has 2 rings (SSSR count). The van der Waals surface area contributed by atoms with Crippen LogP contribution in [0.4, 0.5) is 0 Å². The molecule has 104 valence electrons. The molecule has 0 radical (unpaired) electrons. The third-order valence-corrected chi connectivity index (χ3v) is 2.81. The zero-order valence-electron chi connectivity index (χ0n) is 12.3. The maximum absolute atomic E-state index is 4.41. The number of aryl methyl sites for hydroxylation is 2. The summed E-state index contributed by atoms with van der Waals surface area (Å²) in [4.78, 5) is 0. The average Bonchev–Trinajstić information content (AvgIpc) is 2.91. The van der Waals surface area contributed by atoms with Gasteiger partial charge in [0.1, 0.15) is 5.69 Å². The van der Waals surface area contributed by atoms with Crippen molar-refractivity contribution < 1.29 is 0 Å². The van der Waals surface area contributed by atoms with Crippen LogP contribution in [0.5, 0.6) is 0 Å². The predicted octanol–water partition coefficient (Wildman–Crippen LogP) is 1.45. The van der Waals surface area contributed by atoms with Crippen LogP contribution in [-0.4, -0.2) is 30.3 Å². The molecule has 0 saturated carbocycles. The number of nitrogens with zero attached hydrogens (tertiary/aromatic N) is 5. The van der Waals surface area contributed by atoms with E-state index in [4.69, 9.17) is 0 Å². The highest BCUT2D eigenvalue weighted by Crippen LogP contribution is 2.12. The molecule has 0 saturated heterocycles. The minimum atomic E-state index is 0.0761. The molecule has 0 amide bonds. The first-order valence-electron chi connectivity index (χ1n) is 6.58. The summed E-state index contributed by atoms with van der Waals surface area (Å²) in [5.74, 6) is 0. The lowest BCUT2D eigenvalue weighted by Crippen LogP contribution is -2.35. The van der Waals surface area contributed by atoms with Crippen molar-refractivity contribution in [3.8, 4) is 5.69 Å². The summed E-state index contributed by atoms with van der Waals surface area (Å²) in [6.45, 7) is 9.20. The van der Waals surface area contributed by atoms with Crippen LogP contribution >= 0.6 is 0 Å². The molecular weight excluding hydrogens is 240 g/mol. The van der Waals surface area contributed by atoms with Gasteiger partial charge in [-0.3, -0.25) is 4.68 Å². The lowest BCUT2D eigenvalue weighted by Gasteiger charge is -2.19. The van der Waals surface area contributed by atoms with E-state index in [0.717, 1.165) is 23.5 Å². The van der Waals surface area contributed by atoms with E-state index in [-0.39, 0.29) is 5.54 Å². The van der Waals surface area contributed by atoms with Crippen molar-refractivity contribution >= 4 is 0 Å². The molecule has 0 atom stereocenters. The quantitative estimate of drug-likeness (QED) is 0.906. The smallest absolute Gasteiger partial charge is 0.107 e. The molecule has 0 aliphatic carbocycles. The van der Waals surface area contributed by atoms with Gasteiger partial charge >= 0.3 is 0 Å². The molecule has 0 aliphatic heterocycles. The SMILES string of the molecule is CCc1nn(C)cc1-n1cc(CNC(C)(C)C)nn1. The molecule has 0 bridgehead atoms. The van der Waals surface area contributed by atoms with Crippen molar-refractivity contribution in [3.05, 3.63) is 23.8 Å². The van der Waals surface area contributed by atoms with Gasteiger partial charge in [0.2, 0.25) is 0 Å². The molecule has 1 N–H and O–H groups in total. The first-order chi connectivity index (χ1) is 8.89. The van der Waals surface area contributed by atoms with Crippen LogP contribution in [0, 0.1) is 0 Å². The second kappa shape index (κ2) is 5.13. The summed E-state index contributed by atoms with van der Waals surface area (Å²) in [7, 11) is 1.92. The maximum Gasteiger partial charge on any atom is 0.107 e. The molecule has 6 heteroatoms. The maximum atomic E-state index is 4.41. The van der Waals surface area contributed by atoms with E-state index in [1.807, 2.05) is 24.1 Å². The van der Waals surface area contributed by atoms with Gasteiger partial charge in [0, 0.05) is 19.1 Å². The Labute approximate surface area is 113 Å². The van der Waals surface area contributed by atoms with Gasteiger partial charge in [-0.15, -0.1) is 5.10 Å². The molecule has 0 fully saturated rings. The van der Waals surface area contributed by atoms with Crippen molar-refractivity contribution in [2.45, 2.75) is 46.2 Å². The monoisotopic (exact) mass is 262 g/mol. The summed E-state index contributed by atoms with van der Waals surface area (Å²) in [5.41, 5.74) is 3.04. The van der Waals surface area contributed by atoms with E-state index in [1.165, 1.54) is 0 Å².